The second kappa shape index (κ2) is 7.59. The maximum Gasteiger partial charge on any atom is 0.358 e. The van der Waals surface area contributed by atoms with Crippen molar-refractivity contribution in [2.24, 2.45) is 0 Å². The van der Waals surface area contributed by atoms with Crippen LogP contribution in [-0.2, 0) is 4.74 Å². The lowest BCUT2D eigenvalue weighted by Crippen LogP contribution is -2.12. The van der Waals surface area contributed by atoms with Crippen molar-refractivity contribution in [1.82, 2.24) is 19.2 Å². The van der Waals surface area contributed by atoms with Gasteiger partial charge in [0.1, 0.15) is 11.3 Å². The van der Waals surface area contributed by atoms with Gasteiger partial charge in [-0.1, -0.05) is 6.07 Å². The van der Waals surface area contributed by atoms with Gasteiger partial charge in [0.25, 0.3) is 5.91 Å². The third kappa shape index (κ3) is 3.86. The minimum Gasteiger partial charge on any atom is -0.461 e. The smallest absolute Gasteiger partial charge is 0.358 e. The van der Waals surface area contributed by atoms with Crippen LogP contribution in [-0.4, -0.2) is 37.6 Å². The number of aromatic nitrogens is 4. The lowest BCUT2D eigenvalue weighted by Gasteiger charge is -2.06. The summed E-state index contributed by atoms with van der Waals surface area (Å²) >= 11 is 0. The molecule has 4 rings (SSSR count). The lowest BCUT2D eigenvalue weighted by molar-refractivity contribution is 0.0519. The Labute approximate surface area is 166 Å². The minimum atomic E-state index is -0.474. The van der Waals surface area contributed by atoms with Gasteiger partial charge in [-0.3, -0.25) is 4.79 Å². The molecule has 0 saturated heterocycles. The quantitative estimate of drug-likeness (QED) is 0.529. The van der Waals surface area contributed by atoms with E-state index in [-0.39, 0.29) is 18.2 Å². The second-order valence-electron chi connectivity index (χ2n) is 6.47. The summed E-state index contributed by atoms with van der Waals surface area (Å²) in [6, 6.07) is 12.6. The summed E-state index contributed by atoms with van der Waals surface area (Å²) in [6.45, 7) is 4.00. The van der Waals surface area contributed by atoms with Crippen LogP contribution < -0.4 is 5.32 Å². The van der Waals surface area contributed by atoms with E-state index in [1.807, 2.05) is 31.3 Å². The zero-order chi connectivity index (χ0) is 20.4. The van der Waals surface area contributed by atoms with E-state index in [1.165, 1.54) is 0 Å². The maximum absolute atomic E-state index is 12.6. The average molecular weight is 389 g/mol. The SMILES string of the molecule is CCOC(=O)c1ccn(-c2cccc(NC(=O)c3cn4ccc(C)cc4n3)c2)n1. The van der Waals surface area contributed by atoms with Gasteiger partial charge in [0.15, 0.2) is 5.69 Å². The van der Waals surface area contributed by atoms with Crippen molar-refractivity contribution in [2.45, 2.75) is 13.8 Å². The Bertz CT molecular complexity index is 1210. The summed E-state index contributed by atoms with van der Waals surface area (Å²) in [5.41, 5.74) is 3.62. The summed E-state index contributed by atoms with van der Waals surface area (Å²) in [4.78, 5) is 28.8. The number of anilines is 1. The number of carbonyl (C=O) groups is 2. The molecule has 0 fully saturated rings. The number of esters is 1. The monoisotopic (exact) mass is 389 g/mol. The van der Waals surface area contributed by atoms with Crippen LogP contribution in [0.2, 0.25) is 0 Å². The van der Waals surface area contributed by atoms with Gasteiger partial charge in [-0.2, -0.15) is 5.10 Å². The maximum atomic E-state index is 12.6. The van der Waals surface area contributed by atoms with Crippen molar-refractivity contribution in [3.8, 4) is 5.69 Å². The average Bonchev–Trinajstić information content (AvgIpc) is 3.35. The van der Waals surface area contributed by atoms with Gasteiger partial charge in [0.2, 0.25) is 0 Å². The highest BCUT2D eigenvalue weighted by atomic mass is 16.5. The zero-order valence-corrected chi connectivity index (χ0v) is 16.0. The molecule has 0 saturated carbocycles. The first-order valence-electron chi connectivity index (χ1n) is 9.13. The highest BCUT2D eigenvalue weighted by molar-refractivity contribution is 6.03. The van der Waals surface area contributed by atoms with Crippen LogP contribution in [0, 0.1) is 6.92 Å². The summed E-state index contributed by atoms with van der Waals surface area (Å²) in [5.74, 6) is -0.783. The summed E-state index contributed by atoms with van der Waals surface area (Å²) in [7, 11) is 0. The van der Waals surface area contributed by atoms with Crippen molar-refractivity contribution < 1.29 is 14.3 Å². The fourth-order valence-corrected chi connectivity index (χ4v) is 2.90. The Morgan fingerprint density at radius 1 is 1.10 bits per heavy atom. The van der Waals surface area contributed by atoms with Gasteiger partial charge in [-0.15, -0.1) is 0 Å². The van der Waals surface area contributed by atoms with Crippen LogP contribution in [0.3, 0.4) is 0 Å². The van der Waals surface area contributed by atoms with E-state index in [1.54, 1.807) is 52.7 Å². The molecule has 8 heteroatoms. The van der Waals surface area contributed by atoms with Crippen molar-refractivity contribution in [3.05, 3.63) is 78.0 Å². The standard InChI is InChI=1S/C21H19N5O3/c1-3-29-21(28)17-8-10-26(24-17)16-6-4-5-15(12-16)22-20(27)18-13-25-9-7-14(2)11-19(25)23-18/h4-13H,3H2,1-2H3,(H,22,27). The number of pyridine rings is 1. The highest BCUT2D eigenvalue weighted by Gasteiger charge is 2.13. The molecule has 0 atom stereocenters. The molecule has 0 spiro atoms. The molecular formula is C21H19N5O3. The van der Waals surface area contributed by atoms with E-state index in [4.69, 9.17) is 4.74 Å². The topological polar surface area (TPSA) is 90.5 Å². The third-order valence-corrected chi connectivity index (χ3v) is 4.29. The number of fused-ring (bicyclic) bond motifs is 1. The number of amides is 1. The Morgan fingerprint density at radius 3 is 2.79 bits per heavy atom. The summed E-state index contributed by atoms with van der Waals surface area (Å²) in [6.07, 6.45) is 5.22. The molecule has 3 aromatic heterocycles. The molecule has 1 N–H and O–H groups in total. The number of rotatable bonds is 5. The van der Waals surface area contributed by atoms with Gasteiger partial charge in [-0.25, -0.2) is 14.5 Å². The van der Waals surface area contributed by atoms with Crippen LogP contribution in [0.1, 0.15) is 33.5 Å². The normalized spacial score (nSPS) is 10.8. The van der Waals surface area contributed by atoms with Gasteiger partial charge in [-0.05, 0) is 55.8 Å². The molecular weight excluding hydrogens is 370 g/mol. The number of imidazole rings is 1. The van der Waals surface area contributed by atoms with Gasteiger partial charge >= 0.3 is 5.97 Å². The third-order valence-electron chi connectivity index (χ3n) is 4.29. The predicted molar refractivity (Wildman–Crippen MR) is 107 cm³/mol. The van der Waals surface area contributed by atoms with Crippen molar-refractivity contribution in [2.75, 3.05) is 11.9 Å². The summed E-state index contributed by atoms with van der Waals surface area (Å²) < 4.78 is 8.31. The van der Waals surface area contributed by atoms with E-state index >= 15 is 0 Å². The Kier molecular flexibility index (Phi) is 4.82. The predicted octanol–water partition coefficient (Wildman–Crippen LogP) is 3.26. The molecule has 29 heavy (non-hydrogen) atoms. The first kappa shape index (κ1) is 18.4. The molecule has 0 aliphatic heterocycles. The number of aryl methyl sites for hydroxylation is 1. The number of carbonyl (C=O) groups excluding carboxylic acids is 2. The van der Waals surface area contributed by atoms with E-state index in [0.29, 0.717) is 22.7 Å². The molecule has 8 nitrogen and oxygen atoms in total. The molecule has 1 aromatic carbocycles. The van der Waals surface area contributed by atoms with Gasteiger partial charge in [0.05, 0.1) is 12.3 Å². The Balaban J connectivity index is 1.54. The molecule has 4 aromatic rings. The van der Waals surface area contributed by atoms with Crippen molar-refractivity contribution >= 4 is 23.2 Å². The fraction of sp³-hybridized carbons (Fsp3) is 0.143. The van der Waals surface area contributed by atoms with E-state index < -0.39 is 5.97 Å². The molecule has 0 radical (unpaired) electrons. The minimum absolute atomic E-state index is 0.223. The van der Waals surface area contributed by atoms with Crippen molar-refractivity contribution in [1.29, 1.82) is 0 Å². The first-order chi connectivity index (χ1) is 14.0. The van der Waals surface area contributed by atoms with Crippen molar-refractivity contribution in [3.63, 3.8) is 0 Å². The second-order valence-corrected chi connectivity index (χ2v) is 6.47. The van der Waals surface area contributed by atoms with Crippen LogP contribution in [0.5, 0.6) is 0 Å². The van der Waals surface area contributed by atoms with E-state index in [2.05, 4.69) is 15.4 Å². The number of hydrogen-bond acceptors (Lipinski definition) is 5. The van der Waals surface area contributed by atoms with E-state index in [9.17, 15) is 9.59 Å². The first-order valence-corrected chi connectivity index (χ1v) is 9.13. The number of nitrogens with zero attached hydrogens (tertiary/aromatic N) is 4. The molecule has 3 heterocycles. The molecule has 0 bridgehead atoms. The van der Waals surface area contributed by atoms with Crippen LogP contribution in [0.15, 0.2) is 61.1 Å². The van der Waals surface area contributed by atoms with E-state index in [0.717, 1.165) is 5.56 Å². The molecule has 146 valence electrons. The molecule has 0 aliphatic rings. The van der Waals surface area contributed by atoms with Crippen LogP contribution in [0.4, 0.5) is 5.69 Å². The number of hydrogen-bond donors (Lipinski definition) is 1. The van der Waals surface area contributed by atoms with Crippen LogP contribution in [0.25, 0.3) is 11.3 Å². The van der Waals surface area contributed by atoms with Gasteiger partial charge in [0, 0.05) is 24.3 Å². The zero-order valence-electron chi connectivity index (χ0n) is 16.0. The highest BCUT2D eigenvalue weighted by Crippen LogP contribution is 2.16. The molecule has 1 amide bonds. The largest absolute Gasteiger partial charge is 0.461 e. The number of ether oxygens (including phenoxy) is 1. The summed E-state index contributed by atoms with van der Waals surface area (Å²) in [5, 5.41) is 7.07. The lowest BCUT2D eigenvalue weighted by atomic mass is 10.2. The fourth-order valence-electron chi connectivity index (χ4n) is 2.90. The number of nitrogens with one attached hydrogen (secondary N) is 1. The Morgan fingerprint density at radius 2 is 1.97 bits per heavy atom. The molecule has 0 aliphatic carbocycles. The van der Waals surface area contributed by atoms with Crippen LogP contribution >= 0.6 is 0 Å². The Hall–Kier alpha value is -3.94. The number of benzene rings is 1. The van der Waals surface area contributed by atoms with Gasteiger partial charge < -0.3 is 14.5 Å². The molecule has 0 unspecified atom stereocenters.